The van der Waals surface area contributed by atoms with Crippen molar-refractivity contribution in [2.75, 3.05) is 6.61 Å². The summed E-state index contributed by atoms with van der Waals surface area (Å²) in [5.74, 6) is 1.07. The number of ether oxygens (including phenoxy) is 1. The fourth-order valence-corrected chi connectivity index (χ4v) is 5.98. The van der Waals surface area contributed by atoms with Crippen molar-refractivity contribution in [3.05, 3.63) is 24.8 Å². The van der Waals surface area contributed by atoms with Gasteiger partial charge in [-0.3, -0.25) is 0 Å². The molecule has 0 amide bonds. The molecule has 0 aromatic carbocycles. The SMILES string of the molecule is C=C[C@]1(C)O[C@@]1(C)C[C@H]1C(=C)CC[C@H]2[C@](C)(CO)CCC[C@]12C. The first-order chi connectivity index (χ1) is 10.6. The van der Waals surface area contributed by atoms with E-state index in [0.717, 1.165) is 19.3 Å². The van der Waals surface area contributed by atoms with Crippen molar-refractivity contribution < 1.29 is 9.84 Å². The van der Waals surface area contributed by atoms with Crippen LogP contribution in [-0.2, 0) is 4.74 Å². The minimum absolute atomic E-state index is 0.0685. The van der Waals surface area contributed by atoms with E-state index in [0.29, 0.717) is 18.4 Å². The van der Waals surface area contributed by atoms with Crippen molar-refractivity contribution in [1.82, 2.24) is 0 Å². The van der Waals surface area contributed by atoms with Crippen LogP contribution in [0.2, 0.25) is 0 Å². The van der Waals surface area contributed by atoms with Crippen LogP contribution < -0.4 is 0 Å². The fourth-order valence-electron chi connectivity index (χ4n) is 5.98. The van der Waals surface area contributed by atoms with Gasteiger partial charge in [-0.25, -0.2) is 0 Å². The van der Waals surface area contributed by atoms with E-state index in [9.17, 15) is 5.11 Å². The molecule has 0 aromatic rings. The summed E-state index contributed by atoms with van der Waals surface area (Å²) in [6.07, 6.45) is 8.88. The third kappa shape index (κ3) is 2.36. The summed E-state index contributed by atoms with van der Waals surface area (Å²) in [6, 6.07) is 0. The number of hydrogen-bond acceptors (Lipinski definition) is 2. The molecule has 2 heteroatoms. The van der Waals surface area contributed by atoms with E-state index < -0.39 is 0 Å². The van der Waals surface area contributed by atoms with Crippen LogP contribution >= 0.6 is 0 Å². The number of hydrogen-bond donors (Lipinski definition) is 1. The third-order valence-corrected chi connectivity index (χ3v) is 7.93. The van der Waals surface area contributed by atoms with Crippen molar-refractivity contribution in [3.63, 3.8) is 0 Å². The van der Waals surface area contributed by atoms with Crippen molar-refractivity contribution in [2.45, 2.75) is 77.4 Å². The second-order valence-corrected chi connectivity index (χ2v) is 9.32. The molecule has 2 nitrogen and oxygen atoms in total. The smallest absolute Gasteiger partial charge is 0.113 e. The highest BCUT2D eigenvalue weighted by atomic mass is 16.6. The molecular weight excluding hydrogens is 284 g/mol. The third-order valence-electron chi connectivity index (χ3n) is 7.93. The van der Waals surface area contributed by atoms with Gasteiger partial charge in [-0.05, 0) is 68.6 Å². The fraction of sp³-hybridized carbons (Fsp3) is 0.810. The molecule has 0 radical (unpaired) electrons. The van der Waals surface area contributed by atoms with Gasteiger partial charge in [0.25, 0.3) is 0 Å². The van der Waals surface area contributed by atoms with Crippen molar-refractivity contribution >= 4 is 0 Å². The van der Waals surface area contributed by atoms with Gasteiger partial charge in [-0.15, -0.1) is 6.58 Å². The molecule has 23 heavy (non-hydrogen) atoms. The molecule has 3 rings (SSSR count). The van der Waals surface area contributed by atoms with Gasteiger partial charge in [0, 0.05) is 6.61 Å². The van der Waals surface area contributed by atoms with Crippen LogP contribution in [0.5, 0.6) is 0 Å². The molecule has 0 bridgehead atoms. The molecule has 1 aliphatic heterocycles. The zero-order valence-electron chi connectivity index (χ0n) is 15.5. The molecule has 0 unspecified atom stereocenters. The lowest BCUT2D eigenvalue weighted by Gasteiger charge is -2.58. The Morgan fingerprint density at radius 3 is 2.52 bits per heavy atom. The summed E-state index contributed by atoms with van der Waals surface area (Å²) in [6.45, 7) is 17.8. The second-order valence-electron chi connectivity index (χ2n) is 9.32. The summed E-state index contributed by atoms with van der Waals surface area (Å²) in [7, 11) is 0. The van der Waals surface area contributed by atoms with Crippen LogP contribution in [0.15, 0.2) is 24.8 Å². The van der Waals surface area contributed by atoms with Crippen molar-refractivity contribution in [1.29, 1.82) is 0 Å². The number of allylic oxidation sites excluding steroid dienone is 1. The number of aliphatic hydroxyl groups is 1. The van der Waals surface area contributed by atoms with Crippen LogP contribution in [-0.4, -0.2) is 22.9 Å². The monoisotopic (exact) mass is 318 g/mol. The Bertz CT molecular complexity index is 526. The van der Waals surface area contributed by atoms with Gasteiger partial charge >= 0.3 is 0 Å². The maximum Gasteiger partial charge on any atom is 0.113 e. The number of aliphatic hydroxyl groups excluding tert-OH is 1. The van der Waals surface area contributed by atoms with Crippen molar-refractivity contribution in [2.24, 2.45) is 22.7 Å². The first-order valence-electron chi connectivity index (χ1n) is 9.26. The standard InChI is InChI=1S/C21H34O2/c1-7-20(5)21(6,23-20)13-16-15(2)9-10-17-18(3,14-22)11-8-12-19(16,17)4/h7,16-17,22H,1-2,8-14H2,3-6H3/t16-,17-,18-,19+,20-,21-/m0/s1. The van der Waals surface area contributed by atoms with E-state index in [2.05, 4.69) is 40.9 Å². The van der Waals surface area contributed by atoms with Gasteiger partial charge in [-0.2, -0.15) is 0 Å². The minimum Gasteiger partial charge on any atom is -0.396 e. The van der Waals surface area contributed by atoms with E-state index in [1.165, 1.54) is 24.8 Å². The Morgan fingerprint density at radius 2 is 1.96 bits per heavy atom. The average molecular weight is 319 g/mol. The highest BCUT2D eigenvalue weighted by molar-refractivity contribution is 5.25. The van der Waals surface area contributed by atoms with Gasteiger partial charge < -0.3 is 9.84 Å². The van der Waals surface area contributed by atoms with E-state index in [1.807, 2.05) is 6.08 Å². The van der Waals surface area contributed by atoms with E-state index >= 15 is 0 Å². The van der Waals surface area contributed by atoms with Crippen LogP contribution in [0.1, 0.15) is 66.2 Å². The van der Waals surface area contributed by atoms with E-state index in [1.54, 1.807) is 0 Å². The Labute approximate surface area is 142 Å². The lowest BCUT2D eigenvalue weighted by atomic mass is 9.46. The molecule has 1 N–H and O–H groups in total. The Morgan fingerprint density at radius 1 is 1.26 bits per heavy atom. The summed E-state index contributed by atoms with van der Waals surface area (Å²) in [5, 5.41) is 10.1. The maximum absolute atomic E-state index is 10.1. The zero-order valence-corrected chi connectivity index (χ0v) is 15.5. The topological polar surface area (TPSA) is 32.8 Å². The molecule has 2 aliphatic carbocycles. The van der Waals surface area contributed by atoms with Gasteiger partial charge in [0.15, 0.2) is 0 Å². The maximum atomic E-state index is 10.1. The molecule has 1 saturated heterocycles. The lowest BCUT2D eigenvalue weighted by molar-refractivity contribution is -0.0891. The molecule has 3 aliphatic rings. The minimum atomic E-state index is -0.189. The van der Waals surface area contributed by atoms with Gasteiger partial charge in [0.05, 0.1) is 5.60 Å². The molecule has 0 spiro atoms. The molecule has 130 valence electrons. The van der Waals surface area contributed by atoms with Crippen LogP contribution in [0.3, 0.4) is 0 Å². The summed E-state index contributed by atoms with van der Waals surface area (Å²) >= 11 is 0. The van der Waals surface area contributed by atoms with E-state index in [-0.39, 0.29) is 22.0 Å². The molecule has 1 heterocycles. The highest BCUT2D eigenvalue weighted by Gasteiger charge is 2.64. The van der Waals surface area contributed by atoms with Crippen LogP contribution in [0, 0.1) is 22.7 Å². The molecule has 0 aromatic heterocycles. The van der Waals surface area contributed by atoms with Crippen LogP contribution in [0.25, 0.3) is 0 Å². The van der Waals surface area contributed by atoms with Gasteiger partial charge in [0.1, 0.15) is 5.60 Å². The summed E-state index contributed by atoms with van der Waals surface area (Å²) < 4.78 is 6.09. The summed E-state index contributed by atoms with van der Waals surface area (Å²) in [5.41, 5.74) is 1.40. The van der Waals surface area contributed by atoms with Gasteiger partial charge in [-0.1, -0.05) is 38.5 Å². The molecule has 6 atom stereocenters. The predicted molar refractivity (Wildman–Crippen MR) is 95.2 cm³/mol. The van der Waals surface area contributed by atoms with Gasteiger partial charge in [0.2, 0.25) is 0 Å². The molecular formula is C21H34O2. The first kappa shape index (κ1) is 17.2. The quantitative estimate of drug-likeness (QED) is 0.592. The molecule has 3 fully saturated rings. The predicted octanol–water partition coefficient (Wildman–Crippen LogP) is 4.88. The normalized spacial score (nSPS) is 52.8. The molecule has 2 saturated carbocycles. The Kier molecular flexibility index (Phi) is 3.89. The summed E-state index contributed by atoms with van der Waals surface area (Å²) in [4.78, 5) is 0. The first-order valence-corrected chi connectivity index (χ1v) is 9.26. The van der Waals surface area contributed by atoms with Crippen LogP contribution in [0.4, 0.5) is 0 Å². The highest BCUT2D eigenvalue weighted by Crippen LogP contribution is 2.64. The Balaban J connectivity index is 1.90. The number of rotatable bonds is 4. The number of epoxide rings is 1. The zero-order chi connectivity index (χ0) is 17.1. The van der Waals surface area contributed by atoms with Crippen molar-refractivity contribution in [3.8, 4) is 0 Å². The second kappa shape index (κ2) is 5.20. The van der Waals surface area contributed by atoms with E-state index in [4.69, 9.17) is 4.74 Å². The number of fused-ring (bicyclic) bond motifs is 1. The lowest BCUT2D eigenvalue weighted by Crippen LogP contribution is -2.52. The Hall–Kier alpha value is -0.600. The largest absolute Gasteiger partial charge is 0.396 e. The average Bonchev–Trinajstić information content (AvgIpc) is 3.05.